The minimum Gasteiger partial charge on any atom is -0.493 e. The third-order valence-corrected chi connectivity index (χ3v) is 5.65. The Morgan fingerprint density at radius 3 is 1.76 bits per heavy atom. The van der Waals surface area contributed by atoms with Gasteiger partial charge in [0.15, 0.2) is 0 Å². The summed E-state index contributed by atoms with van der Waals surface area (Å²) in [5.41, 5.74) is 6.04. The van der Waals surface area contributed by atoms with Crippen molar-refractivity contribution < 1.29 is 34.7 Å². The van der Waals surface area contributed by atoms with Crippen LogP contribution in [0.4, 0.5) is 0 Å². The maximum Gasteiger partial charge on any atom is 0.324 e. The smallest absolute Gasteiger partial charge is 0.324 e. The number of ether oxygens (including phenoxy) is 1. The standard InChI is InChI=1S/C20H37NO4.H3O3P/c1-17(2,3)15-9-20(10-21,18(4,5)6)8-7-16(15)25-14-19(11-22,12-23)13-24;1-4(2)3/h7-8,22-24H,9-14,21H2,1-6H3;1-3H. The molecule has 0 saturated carbocycles. The van der Waals surface area contributed by atoms with E-state index < -0.39 is 14.0 Å². The molecule has 0 fully saturated rings. The molecule has 8 N–H and O–H groups in total. The predicted molar refractivity (Wildman–Crippen MR) is 114 cm³/mol. The van der Waals surface area contributed by atoms with E-state index in [1.165, 1.54) is 0 Å². The SMILES string of the molecule is CC(C)(C)C1=C(OCC(CO)(CO)CO)C=CC(CN)(C(C)(C)C)C1.OP(O)O. The molecule has 1 aliphatic rings. The molecule has 9 heteroatoms. The molecule has 0 aromatic carbocycles. The van der Waals surface area contributed by atoms with Crippen molar-refractivity contribution in [2.75, 3.05) is 33.0 Å². The van der Waals surface area contributed by atoms with Gasteiger partial charge in [0.05, 0.1) is 25.2 Å². The average Bonchev–Trinajstić information content (AvgIpc) is 2.61. The molecule has 0 aromatic rings. The molecule has 0 radical (unpaired) electrons. The Balaban J connectivity index is 0.00000178. The lowest BCUT2D eigenvalue weighted by atomic mass is 9.59. The van der Waals surface area contributed by atoms with Crippen LogP contribution in [0.15, 0.2) is 23.5 Å². The van der Waals surface area contributed by atoms with Gasteiger partial charge in [-0.1, -0.05) is 47.6 Å². The molecule has 172 valence electrons. The van der Waals surface area contributed by atoms with Crippen LogP contribution in [0.2, 0.25) is 0 Å². The third kappa shape index (κ3) is 7.89. The van der Waals surface area contributed by atoms with Crippen LogP contribution in [0.5, 0.6) is 0 Å². The van der Waals surface area contributed by atoms with Crippen molar-refractivity contribution in [3.05, 3.63) is 23.5 Å². The van der Waals surface area contributed by atoms with Gasteiger partial charge in [0.1, 0.15) is 12.4 Å². The normalized spacial score (nSPS) is 20.6. The minimum atomic E-state index is -2.62. The quantitative estimate of drug-likeness (QED) is 0.295. The fourth-order valence-electron chi connectivity index (χ4n) is 3.05. The monoisotopic (exact) mass is 437 g/mol. The Hall–Kier alpha value is -0.570. The first kappa shape index (κ1) is 28.4. The molecule has 1 unspecified atom stereocenters. The lowest BCUT2D eigenvalue weighted by Crippen LogP contribution is -2.44. The zero-order valence-corrected chi connectivity index (χ0v) is 19.4. The number of hydrogen-bond acceptors (Lipinski definition) is 8. The minimum absolute atomic E-state index is 0.00529. The van der Waals surface area contributed by atoms with E-state index in [1.54, 1.807) is 0 Å². The van der Waals surface area contributed by atoms with Gasteiger partial charge in [0.25, 0.3) is 0 Å². The Labute approximate surface area is 175 Å². The van der Waals surface area contributed by atoms with Crippen LogP contribution in [0.3, 0.4) is 0 Å². The summed E-state index contributed by atoms with van der Waals surface area (Å²) in [4.78, 5) is 21.7. The highest BCUT2D eigenvalue weighted by molar-refractivity contribution is 7.38. The first-order valence-electron chi connectivity index (χ1n) is 9.59. The van der Waals surface area contributed by atoms with Gasteiger partial charge in [-0.25, -0.2) is 0 Å². The van der Waals surface area contributed by atoms with E-state index in [0.29, 0.717) is 6.54 Å². The molecule has 0 bridgehead atoms. The zero-order valence-electron chi connectivity index (χ0n) is 18.5. The summed E-state index contributed by atoms with van der Waals surface area (Å²) in [5, 5.41) is 28.5. The molecule has 0 aromatic heterocycles. The van der Waals surface area contributed by atoms with E-state index in [1.807, 2.05) is 6.08 Å². The fraction of sp³-hybridized carbons (Fsp3) is 0.800. The van der Waals surface area contributed by atoms with Crippen molar-refractivity contribution in [2.45, 2.75) is 48.0 Å². The Kier molecular flexibility index (Phi) is 10.9. The molecular formula is C20H40NO7P. The maximum absolute atomic E-state index is 9.51. The predicted octanol–water partition coefficient (Wildman–Crippen LogP) is 1.41. The summed E-state index contributed by atoms with van der Waals surface area (Å²) in [6.07, 6.45) is 4.90. The van der Waals surface area contributed by atoms with Crippen molar-refractivity contribution in [2.24, 2.45) is 27.4 Å². The molecule has 0 amide bonds. The first-order chi connectivity index (χ1) is 13.1. The lowest BCUT2D eigenvalue weighted by molar-refractivity contribution is -0.0420. The van der Waals surface area contributed by atoms with Gasteiger partial charge < -0.3 is 40.5 Å². The van der Waals surface area contributed by atoms with Gasteiger partial charge in [-0.3, -0.25) is 0 Å². The zero-order chi connectivity index (χ0) is 23.1. The molecule has 0 aliphatic heterocycles. The molecule has 0 spiro atoms. The van der Waals surface area contributed by atoms with E-state index in [2.05, 4.69) is 47.6 Å². The first-order valence-corrected chi connectivity index (χ1v) is 10.8. The number of allylic oxidation sites excluding steroid dienone is 2. The summed E-state index contributed by atoms with van der Waals surface area (Å²) < 4.78 is 5.98. The average molecular weight is 438 g/mol. The van der Waals surface area contributed by atoms with Crippen LogP contribution in [0.1, 0.15) is 48.0 Å². The molecule has 29 heavy (non-hydrogen) atoms. The van der Waals surface area contributed by atoms with Gasteiger partial charge in [-0.2, -0.15) is 0 Å². The van der Waals surface area contributed by atoms with Gasteiger partial charge >= 0.3 is 8.60 Å². The van der Waals surface area contributed by atoms with Crippen molar-refractivity contribution in [1.29, 1.82) is 0 Å². The lowest BCUT2D eigenvalue weighted by Gasteiger charge is -2.47. The second-order valence-electron chi connectivity index (χ2n) is 9.74. The highest BCUT2D eigenvalue weighted by Crippen LogP contribution is 2.50. The van der Waals surface area contributed by atoms with E-state index >= 15 is 0 Å². The van der Waals surface area contributed by atoms with Crippen molar-refractivity contribution in [3.63, 3.8) is 0 Å². The van der Waals surface area contributed by atoms with Crippen molar-refractivity contribution in [1.82, 2.24) is 0 Å². The summed E-state index contributed by atoms with van der Waals surface area (Å²) in [7, 11) is -2.62. The highest BCUT2D eigenvalue weighted by Gasteiger charge is 2.44. The summed E-state index contributed by atoms with van der Waals surface area (Å²) in [5.74, 6) is 0.751. The fourth-order valence-corrected chi connectivity index (χ4v) is 3.05. The van der Waals surface area contributed by atoms with Gasteiger partial charge in [-0.15, -0.1) is 0 Å². The molecular weight excluding hydrogens is 397 g/mol. The maximum atomic E-state index is 9.51. The number of nitrogens with two attached hydrogens (primary N) is 1. The van der Waals surface area contributed by atoms with Crippen molar-refractivity contribution in [3.8, 4) is 0 Å². The second-order valence-corrected chi connectivity index (χ2v) is 10.3. The highest BCUT2D eigenvalue weighted by atomic mass is 31.2. The van der Waals surface area contributed by atoms with E-state index in [0.717, 1.165) is 17.8 Å². The number of aliphatic hydroxyl groups excluding tert-OH is 3. The van der Waals surface area contributed by atoms with Crippen LogP contribution in [-0.2, 0) is 4.74 Å². The summed E-state index contributed by atoms with van der Waals surface area (Å²) in [6.45, 7) is 12.6. The molecule has 0 heterocycles. The van der Waals surface area contributed by atoms with E-state index in [9.17, 15) is 15.3 Å². The number of aliphatic hydroxyl groups is 3. The molecule has 0 saturated heterocycles. The number of rotatable bonds is 7. The van der Waals surface area contributed by atoms with Crippen molar-refractivity contribution >= 4 is 8.60 Å². The Bertz CT molecular complexity index is 549. The van der Waals surface area contributed by atoms with E-state index in [4.69, 9.17) is 25.2 Å². The third-order valence-electron chi connectivity index (χ3n) is 5.65. The van der Waals surface area contributed by atoms with Gasteiger partial charge in [0.2, 0.25) is 0 Å². The Morgan fingerprint density at radius 2 is 1.45 bits per heavy atom. The van der Waals surface area contributed by atoms with Crippen LogP contribution in [-0.4, -0.2) is 63.0 Å². The molecule has 8 nitrogen and oxygen atoms in total. The van der Waals surface area contributed by atoms with Crippen LogP contribution >= 0.6 is 8.60 Å². The molecule has 1 atom stereocenters. The van der Waals surface area contributed by atoms with Crippen LogP contribution < -0.4 is 5.73 Å². The van der Waals surface area contributed by atoms with Gasteiger partial charge in [-0.05, 0) is 28.9 Å². The Morgan fingerprint density at radius 1 is 1.00 bits per heavy atom. The number of hydrogen-bond donors (Lipinski definition) is 7. The largest absolute Gasteiger partial charge is 0.493 e. The summed E-state index contributed by atoms with van der Waals surface area (Å²) >= 11 is 0. The molecule has 1 aliphatic carbocycles. The summed E-state index contributed by atoms with van der Waals surface area (Å²) in [6, 6.07) is 0. The second kappa shape index (κ2) is 11.2. The van der Waals surface area contributed by atoms with Gasteiger partial charge in [0, 0.05) is 12.0 Å². The molecule has 1 rings (SSSR count). The van der Waals surface area contributed by atoms with E-state index in [-0.39, 0.29) is 42.7 Å². The van der Waals surface area contributed by atoms with Crippen LogP contribution in [0.25, 0.3) is 0 Å². The van der Waals surface area contributed by atoms with Crippen LogP contribution in [0, 0.1) is 21.7 Å². The topological polar surface area (TPSA) is 157 Å².